The van der Waals surface area contributed by atoms with Crippen LogP contribution < -0.4 is 20.5 Å². The molecule has 0 bridgehead atoms. The van der Waals surface area contributed by atoms with Gasteiger partial charge in [0.25, 0.3) is 5.91 Å². The van der Waals surface area contributed by atoms with Crippen LogP contribution in [0.25, 0.3) is 0 Å². The Kier molecular flexibility index (Phi) is 8.14. The lowest BCUT2D eigenvalue weighted by molar-refractivity contribution is 0.0941. The van der Waals surface area contributed by atoms with Crippen molar-refractivity contribution in [3.05, 3.63) is 23.8 Å². The van der Waals surface area contributed by atoms with Crippen LogP contribution in [0.4, 0.5) is 0 Å². The van der Waals surface area contributed by atoms with E-state index in [4.69, 9.17) is 15.2 Å². The Hall–Kier alpha value is -1.46. The molecule has 6 heteroatoms. The number of nitrogens with two attached hydrogens (primary N) is 1. The smallest absolute Gasteiger partial charge is 0.251 e. The number of methoxy groups -OCH3 is 2. The third-order valence-electron chi connectivity index (χ3n) is 3.62. The average Bonchev–Trinajstić information content (AvgIpc) is 2.51. The summed E-state index contributed by atoms with van der Waals surface area (Å²) in [6.45, 7) is 4.48. The number of carbonyl (C=O) groups excluding carboxylic acids is 1. The molecule has 1 aromatic carbocycles. The maximum absolute atomic E-state index is 12.2. The first-order valence-corrected chi connectivity index (χ1v) is 6.78. The Balaban J connectivity index is 0.00000400. The molecule has 0 aliphatic carbocycles. The molecule has 0 radical (unpaired) electrons. The van der Waals surface area contributed by atoms with Crippen LogP contribution in [-0.4, -0.2) is 32.2 Å². The van der Waals surface area contributed by atoms with Gasteiger partial charge in [0.1, 0.15) is 11.5 Å². The Morgan fingerprint density at radius 3 is 2.00 bits per heavy atom. The van der Waals surface area contributed by atoms with E-state index in [0.717, 1.165) is 12.8 Å². The Bertz CT molecular complexity index is 440. The summed E-state index contributed by atoms with van der Waals surface area (Å²) in [5, 5.41) is 2.87. The Morgan fingerprint density at radius 2 is 1.62 bits per heavy atom. The zero-order chi connectivity index (χ0) is 15.2. The summed E-state index contributed by atoms with van der Waals surface area (Å²) in [6.07, 6.45) is 1.62. The van der Waals surface area contributed by atoms with E-state index in [1.807, 2.05) is 13.8 Å². The zero-order valence-corrected chi connectivity index (χ0v) is 13.9. The summed E-state index contributed by atoms with van der Waals surface area (Å²) in [4.78, 5) is 12.2. The van der Waals surface area contributed by atoms with Crippen molar-refractivity contribution in [2.75, 3.05) is 20.8 Å². The molecule has 0 saturated carbocycles. The second-order valence-corrected chi connectivity index (χ2v) is 4.85. The third kappa shape index (κ3) is 5.44. The predicted octanol–water partition coefficient (Wildman–Crippen LogP) is 2.37. The highest BCUT2D eigenvalue weighted by atomic mass is 35.5. The van der Waals surface area contributed by atoms with Gasteiger partial charge in [-0.1, -0.05) is 13.8 Å². The molecule has 1 aromatic rings. The first kappa shape index (κ1) is 19.5. The summed E-state index contributed by atoms with van der Waals surface area (Å²) in [6, 6.07) is 5.07. The van der Waals surface area contributed by atoms with Gasteiger partial charge >= 0.3 is 0 Å². The summed E-state index contributed by atoms with van der Waals surface area (Å²) < 4.78 is 10.3. The van der Waals surface area contributed by atoms with Crippen LogP contribution in [0, 0.1) is 0 Å². The monoisotopic (exact) mass is 316 g/mol. The van der Waals surface area contributed by atoms with Crippen LogP contribution in [0.1, 0.15) is 37.0 Å². The largest absolute Gasteiger partial charge is 0.497 e. The normalized spacial score (nSPS) is 10.5. The zero-order valence-electron chi connectivity index (χ0n) is 13.1. The first-order chi connectivity index (χ1) is 9.47. The fourth-order valence-corrected chi connectivity index (χ4v) is 1.80. The highest BCUT2D eigenvalue weighted by Gasteiger charge is 2.21. The number of amides is 1. The van der Waals surface area contributed by atoms with E-state index in [9.17, 15) is 4.79 Å². The molecule has 0 aromatic heterocycles. The second kappa shape index (κ2) is 8.74. The van der Waals surface area contributed by atoms with Gasteiger partial charge in [-0.15, -0.1) is 12.4 Å². The van der Waals surface area contributed by atoms with Crippen LogP contribution in [0.3, 0.4) is 0 Å². The van der Waals surface area contributed by atoms with Gasteiger partial charge in [-0.2, -0.15) is 0 Å². The van der Waals surface area contributed by atoms with E-state index < -0.39 is 0 Å². The predicted molar refractivity (Wildman–Crippen MR) is 86.6 cm³/mol. The number of hydrogen-bond acceptors (Lipinski definition) is 4. The van der Waals surface area contributed by atoms with Crippen LogP contribution in [0.2, 0.25) is 0 Å². The number of halogens is 1. The Morgan fingerprint density at radius 1 is 1.14 bits per heavy atom. The van der Waals surface area contributed by atoms with Crippen molar-refractivity contribution in [1.29, 1.82) is 0 Å². The summed E-state index contributed by atoms with van der Waals surface area (Å²) >= 11 is 0. The number of ether oxygens (including phenoxy) is 2. The quantitative estimate of drug-likeness (QED) is 0.810. The maximum Gasteiger partial charge on any atom is 0.251 e. The number of benzene rings is 1. The van der Waals surface area contributed by atoms with E-state index in [0.29, 0.717) is 23.6 Å². The molecule has 0 saturated heterocycles. The molecule has 0 unspecified atom stereocenters. The Labute approximate surface area is 132 Å². The molecule has 1 amide bonds. The van der Waals surface area contributed by atoms with E-state index in [1.54, 1.807) is 32.4 Å². The molecule has 0 fully saturated rings. The molecule has 3 N–H and O–H groups in total. The van der Waals surface area contributed by atoms with E-state index >= 15 is 0 Å². The maximum atomic E-state index is 12.2. The summed E-state index contributed by atoms with van der Waals surface area (Å²) in [5.74, 6) is 0.984. The van der Waals surface area contributed by atoms with Gasteiger partial charge in [-0.25, -0.2) is 0 Å². The molecular weight excluding hydrogens is 292 g/mol. The lowest BCUT2D eigenvalue weighted by Gasteiger charge is -2.26. The van der Waals surface area contributed by atoms with Crippen molar-refractivity contribution in [2.45, 2.75) is 32.2 Å². The van der Waals surface area contributed by atoms with Crippen molar-refractivity contribution in [3.63, 3.8) is 0 Å². The minimum Gasteiger partial charge on any atom is -0.497 e. The molecule has 120 valence electrons. The number of carbonyl (C=O) groups is 1. The SMILES string of the molecule is CCC(N)(CC)CNC(=O)c1cc(OC)cc(OC)c1.Cl. The van der Waals surface area contributed by atoms with Crippen molar-refractivity contribution < 1.29 is 14.3 Å². The summed E-state index contributed by atoms with van der Waals surface area (Å²) in [7, 11) is 3.10. The molecule has 0 aliphatic rings. The average molecular weight is 317 g/mol. The standard InChI is InChI=1S/C15H24N2O3.ClH/c1-5-15(16,6-2)10-17-14(18)11-7-12(19-3)9-13(8-11)20-4;/h7-9H,5-6,10,16H2,1-4H3,(H,17,18);1H. The molecule has 0 aliphatic heterocycles. The fourth-order valence-electron chi connectivity index (χ4n) is 1.80. The fraction of sp³-hybridized carbons (Fsp3) is 0.533. The molecule has 0 spiro atoms. The molecule has 0 atom stereocenters. The van der Waals surface area contributed by atoms with Crippen molar-refractivity contribution in [2.24, 2.45) is 5.73 Å². The highest BCUT2D eigenvalue weighted by molar-refractivity contribution is 5.95. The van der Waals surface area contributed by atoms with Gasteiger partial charge in [0.05, 0.1) is 14.2 Å². The second-order valence-electron chi connectivity index (χ2n) is 4.85. The third-order valence-corrected chi connectivity index (χ3v) is 3.62. The van der Waals surface area contributed by atoms with E-state index in [2.05, 4.69) is 5.32 Å². The lowest BCUT2D eigenvalue weighted by atomic mass is 9.94. The number of rotatable bonds is 7. The van der Waals surface area contributed by atoms with Crippen LogP contribution in [0.5, 0.6) is 11.5 Å². The van der Waals surface area contributed by atoms with Gasteiger partial charge in [-0.05, 0) is 25.0 Å². The van der Waals surface area contributed by atoms with Crippen LogP contribution in [-0.2, 0) is 0 Å². The topological polar surface area (TPSA) is 73.6 Å². The van der Waals surface area contributed by atoms with Gasteiger partial charge in [0, 0.05) is 23.7 Å². The lowest BCUT2D eigenvalue weighted by Crippen LogP contribution is -2.49. The van der Waals surface area contributed by atoms with Gasteiger partial charge in [-0.3, -0.25) is 4.79 Å². The van der Waals surface area contributed by atoms with Crippen molar-refractivity contribution >= 4 is 18.3 Å². The van der Waals surface area contributed by atoms with Crippen molar-refractivity contribution in [3.8, 4) is 11.5 Å². The van der Waals surface area contributed by atoms with Crippen LogP contribution in [0.15, 0.2) is 18.2 Å². The summed E-state index contributed by atoms with van der Waals surface area (Å²) in [5.41, 5.74) is 6.30. The minimum atomic E-state index is -0.362. The van der Waals surface area contributed by atoms with E-state index in [-0.39, 0.29) is 23.9 Å². The molecule has 0 heterocycles. The van der Waals surface area contributed by atoms with Gasteiger partial charge in [0.15, 0.2) is 0 Å². The highest BCUT2D eigenvalue weighted by Crippen LogP contribution is 2.22. The first-order valence-electron chi connectivity index (χ1n) is 6.78. The molecular formula is C15H25ClN2O3. The number of hydrogen-bond donors (Lipinski definition) is 2. The van der Waals surface area contributed by atoms with Gasteiger partial charge in [0.2, 0.25) is 0 Å². The van der Waals surface area contributed by atoms with Crippen molar-refractivity contribution in [1.82, 2.24) is 5.32 Å². The van der Waals surface area contributed by atoms with Gasteiger partial charge < -0.3 is 20.5 Å². The molecule has 5 nitrogen and oxygen atoms in total. The molecule has 21 heavy (non-hydrogen) atoms. The number of nitrogens with one attached hydrogen (secondary N) is 1. The van der Waals surface area contributed by atoms with Crippen LogP contribution >= 0.6 is 12.4 Å². The minimum absolute atomic E-state index is 0. The van der Waals surface area contributed by atoms with E-state index in [1.165, 1.54) is 0 Å². The molecule has 1 rings (SSSR count).